The normalized spacial score (nSPS) is 18.3. The first kappa shape index (κ1) is 30.8. The Labute approximate surface area is 234 Å². The largest absolute Gasteiger partial charge is 0.477 e. The van der Waals surface area contributed by atoms with Gasteiger partial charge in [-0.1, -0.05) is 11.8 Å². The van der Waals surface area contributed by atoms with Crippen molar-refractivity contribution < 1.29 is 50.9 Å². The Kier molecular flexibility index (Phi) is 9.76. The summed E-state index contributed by atoms with van der Waals surface area (Å²) < 4.78 is 42.0. The number of aromatic nitrogens is 5. The molecule has 2 aliphatic heterocycles. The van der Waals surface area contributed by atoms with Crippen molar-refractivity contribution in [1.29, 1.82) is 0 Å². The van der Waals surface area contributed by atoms with E-state index in [9.17, 15) is 32.7 Å². The van der Waals surface area contributed by atoms with E-state index in [0.717, 1.165) is 13.4 Å². The number of aryl methyl sites for hydroxylation is 1. The van der Waals surface area contributed by atoms with Gasteiger partial charge in [-0.25, -0.2) is 14.3 Å². The van der Waals surface area contributed by atoms with Crippen LogP contribution in [-0.4, -0.2) is 111 Å². The van der Waals surface area contributed by atoms with Crippen LogP contribution in [0, 0.1) is 0 Å². The van der Waals surface area contributed by atoms with E-state index < -0.39 is 46.4 Å². The van der Waals surface area contributed by atoms with Crippen molar-refractivity contribution in [2.75, 3.05) is 32.0 Å². The van der Waals surface area contributed by atoms with Gasteiger partial charge in [-0.2, -0.15) is 8.42 Å². The molecule has 0 bridgehead atoms. The zero-order valence-electron chi connectivity index (χ0n) is 21.3. The van der Waals surface area contributed by atoms with Gasteiger partial charge in [-0.3, -0.25) is 14.5 Å². The number of β-lactam (4-membered cyclic amide) rings is 1. The number of carbonyl (C=O) groups excluding carboxylic acids is 3. The van der Waals surface area contributed by atoms with E-state index in [0.29, 0.717) is 22.2 Å². The monoisotopic (exact) mass is 621 g/mol. The first-order valence-electron chi connectivity index (χ1n) is 10.8. The number of nitrogens with two attached hydrogens (primary N) is 1. The molecule has 3 N–H and O–H groups in total. The minimum absolute atomic E-state index is 0.0599. The van der Waals surface area contributed by atoms with Crippen LogP contribution in [-0.2, 0) is 47.4 Å². The van der Waals surface area contributed by atoms with Crippen LogP contribution in [0.1, 0.15) is 16.1 Å². The second kappa shape index (κ2) is 12.7. The van der Waals surface area contributed by atoms with Gasteiger partial charge in [-0.05, 0) is 21.2 Å². The second-order valence-corrected chi connectivity index (χ2v) is 11.5. The van der Waals surface area contributed by atoms with E-state index in [-0.39, 0.29) is 28.3 Å². The number of rotatable bonds is 10. The van der Waals surface area contributed by atoms with E-state index in [1.54, 1.807) is 7.05 Å². The maximum atomic E-state index is 12.0. The Morgan fingerprint density at radius 2 is 2.00 bits per heavy atom. The number of fused-ring (bicyclic) bond motifs is 1. The Morgan fingerprint density at radius 3 is 2.52 bits per heavy atom. The second-order valence-electron chi connectivity index (χ2n) is 7.91. The number of ether oxygens (including phenoxy) is 2. The molecule has 1 saturated heterocycles. The Morgan fingerprint density at radius 1 is 1.30 bits per heavy atom. The van der Waals surface area contributed by atoms with E-state index in [2.05, 4.69) is 34.1 Å². The number of primary amides is 1. The zero-order chi connectivity index (χ0) is 29.8. The van der Waals surface area contributed by atoms with Crippen LogP contribution >= 0.6 is 23.5 Å². The number of aliphatic carboxylic acids is 1. The SMILES string of the molecule is COC(=O)c1c(OS(C)(=O)=O)noc1CC(N)=O.CO[C@@H]1C(=O)N2C(C(=O)O)=C(CSc3nnnn3C)CS[C@@H]12. The van der Waals surface area contributed by atoms with Gasteiger partial charge in [0.25, 0.3) is 11.8 Å². The van der Waals surface area contributed by atoms with Crippen molar-refractivity contribution in [3.05, 3.63) is 22.6 Å². The zero-order valence-corrected chi connectivity index (χ0v) is 23.7. The van der Waals surface area contributed by atoms with Crippen LogP contribution in [0.4, 0.5) is 0 Å². The molecule has 0 unspecified atom stereocenters. The standard InChI is InChI=1S/C11H13N5O4S2.C8H10N2O7S/c1-15-11(12-13-14-15)22-4-5-3-21-9-7(20-2)8(17)16(9)6(5)10(18)19;1-15-8(12)6-4(3-5(9)11)16-10-7(6)17-18(2,13)14/h7,9H,3-4H2,1-2H3,(H,18,19);3H2,1-2H3,(H2,9,11)/t7-,9+;/m1./s1. The summed E-state index contributed by atoms with van der Waals surface area (Å²) in [6.45, 7) is 0. The average Bonchev–Trinajstić information content (AvgIpc) is 3.45. The Bertz CT molecular complexity index is 1450. The molecule has 0 spiro atoms. The number of carboxylic acids is 1. The highest BCUT2D eigenvalue weighted by atomic mass is 32.2. The number of carboxylic acid groups (broad SMARTS) is 1. The third-order valence-electron chi connectivity index (χ3n) is 5.10. The fourth-order valence-corrected chi connectivity index (χ4v) is 6.19. The van der Waals surface area contributed by atoms with E-state index >= 15 is 0 Å². The maximum absolute atomic E-state index is 12.0. The number of amides is 2. The molecule has 2 amide bonds. The van der Waals surface area contributed by atoms with Crippen LogP contribution in [0.5, 0.6) is 5.88 Å². The molecule has 0 aliphatic carbocycles. The van der Waals surface area contributed by atoms with Crippen molar-refractivity contribution in [1.82, 2.24) is 30.3 Å². The summed E-state index contributed by atoms with van der Waals surface area (Å²) in [5, 5.41) is 24.1. The summed E-state index contributed by atoms with van der Waals surface area (Å²) >= 11 is 2.85. The molecule has 218 valence electrons. The predicted molar refractivity (Wildman–Crippen MR) is 134 cm³/mol. The predicted octanol–water partition coefficient (Wildman–Crippen LogP) is -1.60. The van der Waals surface area contributed by atoms with Gasteiger partial charge >= 0.3 is 22.1 Å². The Balaban J connectivity index is 0.000000226. The number of tetrazole rings is 1. The molecule has 2 atom stereocenters. The van der Waals surface area contributed by atoms with Crippen LogP contribution in [0.2, 0.25) is 0 Å². The van der Waals surface area contributed by atoms with Crippen LogP contribution in [0.15, 0.2) is 20.9 Å². The lowest BCUT2D eigenvalue weighted by molar-refractivity contribution is -0.162. The van der Waals surface area contributed by atoms with Crippen molar-refractivity contribution in [3.8, 4) is 5.88 Å². The van der Waals surface area contributed by atoms with Gasteiger partial charge in [-0.15, -0.1) is 16.9 Å². The van der Waals surface area contributed by atoms with Gasteiger partial charge in [0.2, 0.25) is 11.1 Å². The van der Waals surface area contributed by atoms with Gasteiger partial charge < -0.3 is 29.0 Å². The quantitative estimate of drug-likeness (QED) is 0.131. The molecule has 2 aromatic rings. The summed E-state index contributed by atoms with van der Waals surface area (Å²) in [6, 6.07) is 0. The average molecular weight is 622 g/mol. The number of nitrogens with zero attached hydrogens (tertiary/aromatic N) is 6. The van der Waals surface area contributed by atoms with Crippen molar-refractivity contribution in [3.63, 3.8) is 0 Å². The van der Waals surface area contributed by atoms with Crippen LogP contribution < -0.4 is 9.92 Å². The molecule has 0 radical (unpaired) electrons. The molecule has 21 heteroatoms. The molecule has 2 aliphatic rings. The fraction of sp³-hybridized carbons (Fsp3) is 0.474. The van der Waals surface area contributed by atoms with Crippen molar-refractivity contribution in [2.24, 2.45) is 12.8 Å². The van der Waals surface area contributed by atoms with Crippen molar-refractivity contribution in [2.45, 2.75) is 23.1 Å². The number of hydrogen-bond acceptors (Lipinski definition) is 16. The molecule has 2 aromatic heterocycles. The van der Waals surface area contributed by atoms with Gasteiger partial charge in [0.05, 0.1) is 19.8 Å². The molecule has 0 saturated carbocycles. The number of hydrogen-bond donors (Lipinski definition) is 2. The van der Waals surface area contributed by atoms with E-state index in [1.165, 1.54) is 40.2 Å². The number of carbonyl (C=O) groups is 4. The van der Waals surface area contributed by atoms with Gasteiger partial charge in [0.1, 0.15) is 11.1 Å². The molecular weight excluding hydrogens is 598 g/mol. The molecule has 4 heterocycles. The lowest BCUT2D eigenvalue weighted by atomic mass is 10.1. The number of thioether (sulfide) groups is 2. The summed E-state index contributed by atoms with van der Waals surface area (Å²) in [7, 11) is 0.326. The topological polar surface area (TPSA) is 249 Å². The third-order valence-corrected chi connectivity index (χ3v) is 7.97. The number of methoxy groups -OCH3 is 2. The summed E-state index contributed by atoms with van der Waals surface area (Å²) in [6.07, 6.45) is -0.238. The highest BCUT2D eigenvalue weighted by Gasteiger charge is 2.53. The molecular formula is C19H23N7O11S3. The molecule has 1 fully saturated rings. The summed E-state index contributed by atoms with van der Waals surface area (Å²) in [5.41, 5.74) is 5.29. The summed E-state index contributed by atoms with van der Waals surface area (Å²) in [4.78, 5) is 47.1. The lowest BCUT2D eigenvalue weighted by Crippen LogP contribution is -2.65. The third kappa shape index (κ3) is 6.89. The first-order chi connectivity index (χ1) is 18.8. The van der Waals surface area contributed by atoms with Crippen LogP contribution in [0.3, 0.4) is 0 Å². The first-order valence-corrected chi connectivity index (χ1v) is 14.7. The fourth-order valence-electron chi connectivity index (χ4n) is 3.43. The van der Waals surface area contributed by atoms with Gasteiger partial charge in [0, 0.05) is 25.7 Å². The maximum Gasteiger partial charge on any atom is 0.352 e. The number of esters is 1. The summed E-state index contributed by atoms with van der Waals surface area (Å²) in [5.74, 6) is -3.02. The lowest BCUT2D eigenvalue weighted by Gasteiger charge is -2.48. The molecule has 4 rings (SSSR count). The smallest absolute Gasteiger partial charge is 0.352 e. The highest BCUT2D eigenvalue weighted by molar-refractivity contribution is 8.01. The Hall–Kier alpha value is -3.69. The van der Waals surface area contributed by atoms with Crippen LogP contribution in [0.25, 0.3) is 0 Å². The minimum Gasteiger partial charge on any atom is -0.477 e. The molecule has 40 heavy (non-hydrogen) atoms. The highest BCUT2D eigenvalue weighted by Crippen LogP contribution is 2.42. The van der Waals surface area contributed by atoms with E-state index in [1.807, 2.05) is 0 Å². The van der Waals surface area contributed by atoms with E-state index in [4.69, 9.17) is 10.5 Å². The molecule has 18 nitrogen and oxygen atoms in total. The van der Waals surface area contributed by atoms with Gasteiger partial charge in [0.15, 0.2) is 17.4 Å². The minimum atomic E-state index is -3.90. The van der Waals surface area contributed by atoms with Crippen molar-refractivity contribution >= 4 is 57.4 Å². The molecule has 0 aromatic carbocycles.